The van der Waals surface area contributed by atoms with Gasteiger partial charge in [-0.05, 0) is 64.1 Å². The molecule has 6 heterocycles. The lowest BCUT2D eigenvalue weighted by Crippen LogP contribution is -2.48. The number of aromatic nitrogens is 3. The van der Waals surface area contributed by atoms with Crippen molar-refractivity contribution in [1.82, 2.24) is 29.5 Å². The molecule has 2 unspecified atom stereocenters. The molecule has 4 aromatic rings. The first-order valence-corrected chi connectivity index (χ1v) is 16.4. The molecule has 7 rings (SSSR count). The lowest BCUT2D eigenvalue weighted by Gasteiger charge is -2.33. The van der Waals surface area contributed by atoms with Gasteiger partial charge in [-0.3, -0.25) is 14.0 Å². The predicted octanol–water partition coefficient (Wildman–Crippen LogP) is 3.97. The molecular formula is C32H39N7O4S. The Morgan fingerprint density at radius 2 is 1.77 bits per heavy atom. The summed E-state index contributed by atoms with van der Waals surface area (Å²) in [5.74, 6) is 1.42. The molecule has 0 aliphatic carbocycles. The van der Waals surface area contributed by atoms with Gasteiger partial charge in [0.05, 0.1) is 15.6 Å². The second-order valence-corrected chi connectivity index (χ2v) is 14.3. The summed E-state index contributed by atoms with van der Waals surface area (Å²) in [6.07, 6.45) is 2.41. The van der Waals surface area contributed by atoms with E-state index in [1.807, 2.05) is 49.4 Å². The van der Waals surface area contributed by atoms with E-state index in [0.717, 1.165) is 42.9 Å². The SMILES string of the molecule is CCN1CC2CN(c3ncc4c(=O)c(C(=O)NC5CCN(C(=O)OC(C)(C)C)CC5)c5sc6ccccc6n5c4n3)CC2C1. The third-order valence-corrected chi connectivity index (χ3v) is 10.3. The number of benzene rings is 1. The number of nitrogens with zero attached hydrogens (tertiary/aromatic N) is 6. The first-order valence-electron chi connectivity index (χ1n) is 15.6. The average molecular weight is 618 g/mol. The quantitative estimate of drug-likeness (QED) is 0.366. The van der Waals surface area contributed by atoms with Crippen molar-refractivity contribution in [3.8, 4) is 0 Å². The van der Waals surface area contributed by atoms with Crippen molar-refractivity contribution in [2.45, 2.75) is 52.2 Å². The van der Waals surface area contributed by atoms with Crippen LogP contribution in [-0.2, 0) is 4.74 Å². The molecule has 12 heteroatoms. The standard InChI is InChI=1S/C32H39N7O4S/c1-5-36-15-19-17-38(18-20(19)16-36)30-33-14-22-26(40)25(29-39(27(22)35-30)23-8-6-7-9-24(23)44-29)28(41)34-21-10-12-37(13-11-21)31(42)43-32(2,3)4/h6-9,14,19-21H,5,10-13,15-18H2,1-4H3,(H,34,41). The van der Waals surface area contributed by atoms with Gasteiger partial charge in [-0.15, -0.1) is 11.3 Å². The van der Waals surface area contributed by atoms with Gasteiger partial charge in [0.15, 0.2) is 5.65 Å². The second kappa shape index (κ2) is 11.0. The molecule has 0 saturated carbocycles. The van der Waals surface area contributed by atoms with Crippen molar-refractivity contribution in [3.63, 3.8) is 0 Å². The van der Waals surface area contributed by atoms with E-state index < -0.39 is 11.5 Å². The molecule has 3 fully saturated rings. The number of fused-ring (bicyclic) bond motifs is 6. The van der Waals surface area contributed by atoms with Crippen molar-refractivity contribution in [3.05, 3.63) is 46.2 Å². The van der Waals surface area contributed by atoms with Crippen molar-refractivity contribution in [2.75, 3.05) is 50.7 Å². The Labute approximate surface area is 259 Å². The Hall–Kier alpha value is -3.77. The minimum absolute atomic E-state index is 0.111. The fourth-order valence-electron chi connectivity index (χ4n) is 6.94. The molecule has 11 nitrogen and oxygen atoms in total. The van der Waals surface area contributed by atoms with Gasteiger partial charge < -0.3 is 24.8 Å². The van der Waals surface area contributed by atoms with Crippen LogP contribution >= 0.6 is 11.3 Å². The van der Waals surface area contributed by atoms with Crippen molar-refractivity contribution >= 4 is 55.4 Å². The second-order valence-electron chi connectivity index (χ2n) is 13.3. The molecule has 1 aromatic carbocycles. The fourth-order valence-corrected chi connectivity index (χ4v) is 8.12. The molecule has 1 N–H and O–H groups in total. The van der Waals surface area contributed by atoms with E-state index in [4.69, 9.17) is 9.72 Å². The lowest BCUT2D eigenvalue weighted by molar-refractivity contribution is 0.0199. The molecule has 3 aromatic heterocycles. The van der Waals surface area contributed by atoms with Crippen LogP contribution in [0.1, 0.15) is 50.9 Å². The molecule has 3 aliphatic heterocycles. The smallest absolute Gasteiger partial charge is 0.410 e. The van der Waals surface area contributed by atoms with Crippen LogP contribution in [0.25, 0.3) is 26.1 Å². The third-order valence-electron chi connectivity index (χ3n) is 9.17. The van der Waals surface area contributed by atoms with Crippen LogP contribution in [0.2, 0.25) is 0 Å². The molecule has 2 atom stereocenters. The summed E-state index contributed by atoms with van der Waals surface area (Å²) in [5.41, 5.74) is 0.615. The molecule has 232 valence electrons. The van der Waals surface area contributed by atoms with Gasteiger partial charge in [-0.2, -0.15) is 4.98 Å². The number of likely N-dealkylation sites (tertiary alicyclic amines) is 2. The van der Waals surface area contributed by atoms with Gasteiger partial charge in [0, 0.05) is 51.5 Å². The van der Waals surface area contributed by atoms with Crippen LogP contribution in [0.4, 0.5) is 10.7 Å². The number of anilines is 1. The number of piperidine rings is 1. The highest BCUT2D eigenvalue weighted by molar-refractivity contribution is 7.24. The summed E-state index contributed by atoms with van der Waals surface area (Å²) in [4.78, 5) is 57.0. The Bertz CT molecular complexity index is 1810. The number of hydrogen-bond acceptors (Lipinski definition) is 9. The number of rotatable bonds is 4. The number of pyridine rings is 1. The number of carbonyl (C=O) groups is 2. The van der Waals surface area contributed by atoms with E-state index in [1.54, 1.807) is 11.1 Å². The van der Waals surface area contributed by atoms with Crippen molar-refractivity contribution in [2.24, 2.45) is 11.8 Å². The molecule has 2 amide bonds. The molecule has 44 heavy (non-hydrogen) atoms. The lowest BCUT2D eigenvalue weighted by atomic mass is 10.0. The molecule has 0 bridgehead atoms. The van der Waals surface area contributed by atoms with Crippen LogP contribution in [0, 0.1) is 11.8 Å². The minimum atomic E-state index is -0.565. The average Bonchev–Trinajstić information content (AvgIpc) is 3.68. The number of para-hydroxylation sites is 1. The normalized spacial score (nSPS) is 21.5. The van der Waals surface area contributed by atoms with Crippen molar-refractivity contribution < 1.29 is 14.3 Å². The van der Waals surface area contributed by atoms with Gasteiger partial charge in [-0.1, -0.05) is 19.1 Å². The third kappa shape index (κ3) is 5.17. The molecular weight excluding hydrogens is 578 g/mol. The van der Waals surface area contributed by atoms with Crippen LogP contribution in [0.15, 0.2) is 35.3 Å². The van der Waals surface area contributed by atoms with Gasteiger partial charge in [0.1, 0.15) is 16.0 Å². The zero-order chi connectivity index (χ0) is 30.7. The van der Waals surface area contributed by atoms with E-state index in [2.05, 4.69) is 27.0 Å². The predicted molar refractivity (Wildman–Crippen MR) is 172 cm³/mol. The van der Waals surface area contributed by atoms with E-state index in [1.165, 1.54) is 11.3 Å². The van der Waals surface area contributed by atoms with Gasteiger partial charge in [-0.25, -0.2) is 9.78 Å². The van der Waals surface area contributed by atoms with Gasteiger partial charge in [0.25, 0.3) is 5.91 Å². The maximum atomic E-state index is 14.0. The summed E-state index contributed by atoms with van der Waals surface area (Å²) >= 11 is 1.42. The van der Waals surface area contributed by atoms with E-state index >= 15 is 0 Å². The van der Waals surface area contributed by atoms with E-state index in [0.29, 0.717) is 59.6 Å². The van der Waals surface area contributed by atoms with E-state index in [9.17, 15) is 14.4 Å². The molecule has 3 saturated heterocycles. The monoisotopic (exact) mass is 617 g/mol. The zero-order valence-corrected chi connectivity index (χ0v) is 26.5. The summed E-state index contributed by atoms with van der Waals surface area (Å²) in [6.45, 7) is 13.8. The summed E-state index contributed by atoms with van der Waals surface area (Å²) in [6, 6.07) is 7.75. The Kier molecular flexibility index (Phi) is 7.24. The Morgan fingerprint density at radius 1 is 1.07 bits per heavy atom. The van der Waals surface area contributed by atoms with Gasteiger partial charge in [0.2, 0.25) is 11.4 Å². The Balaban J connectivity index is 1.19. The van der Waals surface area contributed by atoms with Crippen LogP contribution in [0.5, 0.6) is 0 Å². The van der Waals surface area contributed by atoms with Gasteiger partial charge >= 0.3 is 6.09 Å². The maximum Gasteiger partial charge on any atom is 0.410 e. The van der Waals surface area contributed by atoms with Crippen molar-refractivity contribution in [1.29, 1.82) is 0 Å². The van der Waals surface area contributed by atoms with Crippen LogP contribution in [-0.4, -0.2) is 93.6 Å². The molecule has 0 radical (unpaired) electrons. The highest BCUT2D eigenvalue weighted by atomic mass is 32.1. The van der Waals surface area contributed by atoms with Crippen LogP contribution in [0.3, 0.4) is 0 Å². The summed E-state index contributed by atoms with van der Waals surface area (Å²) in [7, 11) is 0. The van der Waals surface area contributed by atoms with E-state index in [-0.39, 0.29) is 23.1 Å². The molecule has 3 aliphatic rings. The number of ether oxygens (including phenoxy) is 1. The molecule has 0 spiro atoms. The number of amides is 2. The summed E-state index contributed by atoms with van der Waals surface area (Å²) in [5, 5.41) is 3.42. The highest BCUT2D eigenvalue weighted by Gasteiger charge is 2.40. The zero-order valence-electron chi connectivity index (χ0n) is 25.7. The topological polar surface area (TPSA) is 112 Å². The number of carbonyl (C=O) groups excluding carboxylic acids is 2. The van der Waals surface area contributed by atoms with Crippen LogP contribution < -0.4 is 15.6 Å². The largest absolute Gasteiger partial charge is 0.444 e. The first-order chi connectivity index (χ1) is 21.1. The maximum absolute atomic E-state index is 14.0. The minimum Gasteiger partial charge on any atom is -0.444 e. The Morgan fingerprint density at radius 3 is 2.45 bits per heavy atom. The number of thiazole rings is 1. The summed E-state index contributed by atoms with van der Waals surface area (Å²) < 4.78 is 8.43. The highest BCUT2D eigenvalue weighted by Crippen LogP contribution is 2.34. The first kappa shape index (κ1) is 29.0. The number of nitrogens with one attached hydrogen (secondary N) is 1. The number of hydrogen-bond donors (Lipinski definition) is 1. The fraction of sp³-hybridized carbons (Fsp3) is 0.531.